The minimum Gasteiger partial charge on any atom is -0.497 e. The third-order valence-corrected chi connectivity index (χ3v) is 5.05. The normalized spacial score (nSPS) is 17.0. The van der Waals surface area contributed by atoms with Gasteiger partial charge in [-0.3, -0.25) is 9.59 Å². The van der Waals surface area contributed by atoms with Crippen molar-refractivity contribution in [3.05, 3.63) is 47.5 Å². The second-order valence-electron chi connectivity index (χ2n) is 7.62. The summed E-state index contributed by atoms with van der Waals surface area (Å²) in [5.74, 6) is 1.30. The molecule has 7 nitrogen and oxygen atoms in total. The number of hydrogen-bond acceptors (Lipinski definition) is 4. The Labute approximate surface area is 165 Å². The molecule has 1 aromatic heterocycles. The fourth-order valence-corrected chi connectivity index (χ4v) is 3.50. The van der Waals surface area contributed by atoms with Gasteiger partial charge in [0.2, 0.25) is 5.91 Å². The Bertz CT molecular complexity index is 842. The maximum absolute atomic E-state index is 12.9. The molecule has 0 bridgehead atoms. The van der Waals surface area contributed by atoms with Gasteiger partial charge in [0.25, 0.3) is 5.91 Å². The number of carbonyl (C=O) groups excluding carboxylic acids is 2. The Morgan fingerprint density at radius 2 is 1.96 bits per heavy atom. The van der Waals surface area contributed by atoms with Crippen molar-refractivity contribution in [2.24, 2.45) is 5.92 Å². The minimum atomic E-state index is -0.597. The van der Waals surface area contributed by atoms with Crippen LogP contribution >= 0.6 is 0 Å². The summed E-state index contributed by atoms with van der Waals surface area (Å²) in [5, 5.41) is 5.98. The summed E-state index contributed by atoms with van der Waals surface area (Å²) in [5.41, 5.74) is 1.49. The molecule has 150 valence electrons. The van der Waals surface area contributed by atoms with Gasteiger partial charge >= 0.3 is 0 Å². The number of hydrogen-bond donors (Lipinski definition) is 2. The predicted octanol–water partition coefficient (Wildman–Crippen LogP) is 2.09. The summed E-state index contributed by atoms with van der Waals surface area (Å²) in [6.07, 6.45) is 3.70. The molecule has 2 heterocycles. The first kappa shape index (κ1) is 19.9. The number of methoxy groups -OCH3 is 1. The van der Waals surface area contributed by atoms with E-state index in [4.69, 9.17) is 4.74 Å². The van der Waals surface area contributed by atoms with Crippen LogP contribution in [0.3, 0.4) is 0 Å². The van der Waals surface area contributed by atoms with Crippen LogP contribution in [0.25, 0.3) is 0 Å². The first-order valence-corrected chi connectivity index (χ1v) is 9.65. The lowest BCUT2D eigenvalue weighted by Crippen LogP contribution is -2.53. The predicted molar refractivity (Wildman–Crippen MR) is 106 cm³/mol. The summed E-state index contributed by atoms with van der Waals surface area (Å²) in [7, 11) is 1.58. The number of nitrogens with zero attached hydrogens (tertiary/aromatic N) is 2. The molecule has 2 atom stereocenters. The van der Waals surface area contributed by atoms with Gasteiger partial charge in [-0.25, -0.2) is 4.98 Å². The molecule has 2 unspecified atom stereocenters. The number of benzene rings is 1. The van der Waals surface area contributed by atoms with Gasteiger partial charge in [-0.1, -0.05) is 13.8 Å². The van der Waals surface area contributed by atoms with Crippen molar-refractivity contribution in [2.75, 3.05) is 7.11 Å². The number of aromatic nitrogens is 2. The average Bonchev–Trinajstić information content (AvgIpc) is 3.04. The van der Waals surface area contributed by atoms with Gasteiger partial charge in [-0.05, 0) is 43.5 Å². The zero-order valence-corrected chi connectivity index (χ0v) is 16.9. The molecule has 0 aliphatic carbocycles. The van der Waals surface area contributed by atoms with Crippen LogP contribution in [-0.2, 0) is 17.8 Å². The van der Waals surface area contributed by atoms with Gasteiger partial charge in [0.05, 0.1) is 12.8 Å². The van der Waals surface area contributed by atoms with Crippen LogP contribution in [0.4, 0.5) is 0 Å². The van der Waals surface area contributed by atoms with Crippen molar-refractivity contribution in [2.45, 2.75) is 52.2 Å². The van der Waals surface area contributed by atoms with Crippen molar-refractivity contribution in [3.8, 4) is 5.75 Å². The van der Waals surface area contributed by atoms with E-state index >= 15 is 0 Å². The largest absolute Gasteiger partial charge is 0.497 e. The van der Waals surface area contributed by atoms with E-state index < -0.39 is 6.04 Å². The number of fused-ring (bicyclic) bond motifs is 1. The smallest absolute Gasteiger partial charge is 0.251 e. The topological polar surface area (TPSA) is 85.2 Å². The van der Waals surface area contributed by atoms with Gasteiger partial charge in [0, 0.05) is 30.8 Å². The van der Waals surface area contributed by atoms with Crippen LogP contribution in [0.1, 0.15) is 42.1 Å². The van der Waals surface area contributed by atoms with Crippen LogP contribution < -0.4 is 15.4 Å². The van der Waals surface area contributed by atoms with E-state index in [0.29, 0.717) is 17.9 Å². The van der Waals surface area contributed by atoms with E-state index in [0.717, 1.165) is 24.4 Å². The Morgan fingerprint density at radius 3 is 2.61 bits per heavy atom. The first-order chi connectivity index (χ1) is 13.4. The number of aryl methyl sites for hydroxylation is 2. The maximum Gasteiger partial charge on any atom is 0.251 e. The van der Waals surface area contributed by atoms with Gasteiger partial charge in [-0.2, -0.15) is 0 Å². The molecule has 0 radical (unpaired) electrons. The van der Waals surface area contributed by atoms with E-state index in [-0.39, 0.29) is 23.8 Å². The fourth-order valence-electron chi connectivity index (χ4n) is 3.50. The second-order valence-corrected chi connectivity index (χ2v) is 7.62. The quantitative estimate of drug-likeness (QED) is 0.799. The molecular weight excluding hydrogens is 356 g/mol. The van der Waals surface area contributed by atoms with Crippen molar-refractivity contribution in [1.29, 1.82) is 0 Å². The molecule has 0 saturated carbocycles. The lowest BCUT2D eigenvalue weighted by molar-refractivity contribution is -0.124. The molecule has 7 heteroatoms. The molecule has 0 fully saturated rings. The molecule has 28 heavy (non-hydrogen) atoms. The van der Waals surface area contributed by atoms with E-state index in [2.05, 4.69) is 20.2 Å². The highest BCUT2D eigenvalue weighted by Crippen LogP contribution is 2.16. The fraction of sp³-hybridized carbons (Fsp3) is 0.476. The standard InChI is InChI=1S/C21H28N4O3/c1-13(2)19(24-20(26)15-5-8-17(28-4)9-6-15)21(27)23-16-7-10-18-22-14(3)11-25(18)12-16/h5-6,8-9,11,13,16,19H,7,10,12H2,1-4H3,(H,23,27)(H,24,26). The molecular formula is C21H28N4O3. The van der Waals surface area contributed by atoms with Crippen molar-refractivity contribution in [1.82, 2.24) is 20.2 Å². The van der Waals surface area contributed by atoms with Crippen LogP contribution in [-0.4, -0.2) is 40.6 Å². The van der Waals surface area contributed by atoms with Crippen LogP contribution in [0.2, 0.25) is 0 Å². The van der Waals surface area contributed by atoms with Crippen LogP contribution in [0, 0.1) is 12.8 Å². The van der Waals surface area contributed by atoms with Crippen molar-refractivity contribution in [3.63, 3.8) is 0 Å². The van der Waals surface area contributed by atoms with Gasteiger partial charge in [0.15, 0.2) is 0 Å². The molecule has 1 aliphatic rings. The van der Waals surface area contributed by atoms with E-state index in [1.165, 1.54) is 0 Å². The molecule has 2 amide bonds. The van der Waals surface area contributed by atoms with Crippen molar-refractivity contribution >= 4 is 11.8 Å². The molecule has 3 rings (SSSR count). The number of nitrogens with one attached hydrogen (secondary N) is 2. The lowest BCUT2D eigenvalue weighted by Gasteiger charge is -2.28. The van der Waals surface area contributed by atoms with Crippen LogP contribution in [0.15, 0.2) is 30.5 Å². The first-order valence-electron chi connectivity index (χ1n) is 9.65. The van der Waals surface area contributed by atoms with Crippen molar-refractivity contribution < 1.29 is 14.3 Å². The highest BCUT2D eigenvalue weighted by molar-refractivity contribution is 5.97. The van der Waals surface area contributed by atoms with Gasteiger partial charge in [-0.15, -0.1) is 0 Å². The Hall–Kier alpha value is -2.83. The molecule has 2 aromatic rings. The zero-order valence-electron chi connectivity index (χ0n) is 16.9. The lowest BCUT2D eigenvalue weighted by atomic mass is 10.0. The van der Waals surface area contributed by atoms with Gasteiger partial charge < -0.3 is 19.9 Å². The summed E-state index contributed by atoms with van der Waals surface area (Å²) in [6, 6.07) is 6.27. The second kappa shape index (κ2) is 8.46. The zero-order chi connectivity index (χ0) is 20.3. The molecule has 1 aromatic carbocycles. The Morgan fingerprint density at radius 1 is 1.25 bits per heavy atom. The average molecular weight is 384 g/mol. The summed E-state index contributed by atoms with van der Waals surface area (Å²) in [6.45, 7) is 6.54. The Balaban J connectivity index is 1.63. The van der Waals surface area contributed by atoms with Gasteiger partial charge in [0.1, 0.15) is 17.6 Å². The van der Waals surface area contributed by atoms with Crippen LogP contribution in [0.5, 0.6) is 5.75 Å². The maximum atomic E-state index is 12.9. The SMILES string of the molecule is COc1ccc(C(=O)NC(C(=O)NC2CCc3nc(C)cn3C2)C(C)C)cc1. The molecule has 2 N–H and O–H groups in total. The number of amides is 2. The van der Waals surface area contributed by atoms with E-state index in [1.54, 1.807) is 31.4 Å². The monoisotopic (exact) mass is 384 g/mol. The number of rotatable bonds is 6. The summed E-state index contributed by atoms with van der Waals surface area (Å²) in [4.78, 5) is 29.9. The Kier molecular flexibility index (Phi) is 6.02. The minimum absolute atomic E-state index is 0.0307. The summed E-state index contributed by atoms with van der Waals surface area (Å²) < 4.78 is 7.22. The molecule has 0 spiro atoms. The third kappa shape index (κ3) is 4.52. The third-order valence-electron chi connectivity index (χ3n) is 5.05. The number of carbonyl (C=O) groups is 2. The highest BCUT2D eigenvalue weighted by Gasteiger charge is 2.28. The van der Waals surface area contributed by atoms with E-state index in [9.17, 15) is 9.59 Å². The number of imidazole rings is 1. The highest BCUT2D eigenvalue weighted by atomic mass is 16.5. The van der Waals surface area contributed by atoms with E-state index in [1.807, 2.05) is 27.0 Å². The molecule has 0 saturated heterocycles. The molecule has 1 aliphatic heterocycles. The number of ether oxygens (including phenoxy) is 1. The summed E-state index contributed by atoms with van der Waals surface area (Å²) >= 11 is 0.